The quantitative estimate of drug-likeness (QED) is 0.890. The Morgan fingerprint density at radius 3 is 2.00 bits per heavy atom. The van der Waals surface area contributed by atoms with Crippen LogP contribution in [-0.2, 0) is 5.41 Å². The summed E-state index contributed by atoms with van der Waals surface area (Å²) in [5.41, 5.74) is -0.0537. The van der Waals surface area contributed by atoms with Gasteiger partial charge in [-0.2, -0.15) is 0 Å². The minimum absolute atomic E-state index is 0.217. The first kappa shape index (κ1) is 16.5. The van der Waals surface area contributed by atoms with Gasteiger partial charge in [-0.15, -0.1) is 0 Å². The Hall–Kier alpha value is -1.55. The molecule has 1 aromatic rings. The van der Waals surface area contributed by atoms with E-state index in [0.717, 1.165) is 5.56 Å². The molecule has 0 heterocycles. The van der Waals surface area contributed by atoms with Crippen LogP contribution in [0.15, 0.2) is 30.3 Å². The lowest BCUT2D eigenvalue weighted by Gasteiger charge is -2.46. The number of carbonyl (C=O) groups is 1. The number of hydrogen-bond acceptors (Lipinski definition) is 2. The minimum Gasteiger partial charge on any atom is -0.465 e. The van der Waals surface area contributed by atoms with Gasteiger partial charge < -0.3 is 10.2 Å². The number of amides is 1. The number of aliphatic hydroxyl groups is 1. The van der Waals surface area contributed by atoms with Gasteiger partial charge in [0.25, 0.3) is 0 Å². The molecular weight excluding hydrogens is 254 g/mol. The molecule has 1 atom stereocenters. The molecule has 0 radical (unpaired) electrons. The zero-order chi connectivity index (χ0) is 15.6. The molecule has 0 bridgehead atoms. The number of benzene rings is 1. The summed E-state index contributed by atoms with van der Waals surface area (Å²) in [6, 6.07) is 9.19. The molecule has 0 aliphatic rings. The highest BCUT2D eigenvalue weighted by Gasteiger charge is 2.42. The lowest BCUT2D eigenvalue weighted by Crippen LogP contribution is -2.59. The van der Waals surface area contributed by atoms with Gasteiger partial charge in [0.05, 0.1) is 12.6 Å². The van der Waals surface area contributed by atoms with E-state index in [-0.39, 0.29) is 6.61 Å². The Labute approximate surface area is 121 Å². The second-order valence-corrected chi connectivity index (χ2v) is 6.61. The minimum atomic E-state index is -1.01. The average molecular weight is 279 g/mol. The Bertz CT molecular complexity index is 449. The zero-order valence-corrected chi connectivity index (χ0v) is 12.9. The summed E-state index contributed by atoms with van der Waals surface area (Å²) in [5.74, 6) is 0. The van der Waals surface area contributed by atoms with E-state index in [1.54, 1.807) is 0 Å². The molecule has 1 rings (SSSR count). The fourth-order valence-electron chi connectivity index (χ4n) is 2.58. The van der Waals surface area contributed by atoms with Crippen molar-refractivity contribution in [2.45, 2.75) is 51.6 Å². The van der Waals surface area contributed by atoms with Gasteiger partial charge in [-0.25, -0.2) is 4.79 Å². The van der Waals surface area contributed by atoms with E-state index in [1.165, 1.54) is 4.90 Å². The van der Waals surface area contributed by atoms with Crippen LogP contribution in [0.3, 0.4) is 0 Å². The Morgan fingerprint density at radius 2 is 1.65 bits per heavy atom. The Balaban J connectivity index is 3.26. The molecule has 0 aromatic heterocycles. The lowest BCUT2D eigenvalue weighted by molar-refractivity contribution is 0.0183. The predicted octanol–water partition coefficient (Wildman–Crippen LogP) is 3.10. The second kappa shape index (κ2) is 5.83. The molecule has 0 aliphatic carbocycles. The fraction of sp³-hybridized carbons (Fsp3) is 0.562. The highest BCUT2D eigenvalue weighted by molar-refractivity contribution is 5.67. The first-order valence-corrected chi connectivity index (χ1v) is 6.81. The number of hydrogen-bond donors (Lipinski definition) is 2. The maximum atomic E-state index is 11.6. The van der Waals surface area contributed by atoms with Crippen molar-refractivity contribution < 1.29 is 15.0 Å². The van der Waals surface area contributed by atoms with Crippen molar-refractivity contribution in [3.63, 3.8) is 0 Å². The number of aliphatic hydroxyl groups excluding tert-OH is 1. The smallest absolute Gasteiger partial charge is 0.408 e. The van der Waals surface area contributed by atoms with Gasteiger partial charge in [0.1, 0.15) is 0 Å². The Morgan fingerprint density at radius 1 is 1.15 bits per heavy atom. The highest BCUT2D eigenvalue weighted by atomic mass is 16.4. The zero-order valence-electron chi connectivity index (χ0n) is 12.9. The standard InChI is InChI=1S/C16H25NO3/c1-15(2,3)17(14(19)20)13(11-18)16(4,5)12-9-7-6-8-10-12/h6-10,13,18H,11H2,1-5H3,(H,19,20). The molecule has 20 heavy (non-hydrogen) atoms. The van der Waals surface area contributed by atoms with E-state index in [9.17, 15) is 15.0 Å². The number of nitrogens with zero attached hydrogens (tertiary/aromatic N) is 1. The molecule has 0 saturated heterocycles. The van der Waals surface area contributed by atoms with Crippen molar-refractivity contribution in [1.29, 1.82) is 0 Å². The average Bonchev–Trinajstić information content (AvgIpc) is 2.34. The SMILES string of the molecule is CC(C)(c1ccccc1)C(CO)N(C(=O)O)C(C)(C)C. The van der Waals surface area contributed by atoms with Crippen LogP contribution in [0.2, 0.25) is 0 Å². The normalized spacial score (nSPS) is 13.9. The van der Waals surface area contributed by atoms with Crippen LogP contribution in [0.4, 0.5) is 4.79 Å². The van der Waals surface area contributed by atoms with E-state index in [0.29, 0.717) is 0 Å². The predicted molar refractivity (Wildman–Crippen MR) is 80.0 cm³/mol. The summed E-state index contributed by atoms with van der Waals surface area (Å²) in [6.45, 7) is 9.22. The van der Waals surface area contributed by atoms with Gasteiger partial charge >= 0.3 is 6.09 Å². The molecular formula is C16H25NO3. The highest BCUT2D eigenvalue weighted by Crippen LogP contribution is 2.33. The van der Waals surface area contributed by atoms with Gasteiger partial charge in [-0.1, -0.05) is 44.2 Å². The summed E-state index contributed by atoms with van der Waals surface area (Å²) in [5, 5.41) is 19.3. The van der Waals surface area contributed by atoms with Gasteiger partial charge in [-0.3, -0.25) is 4.90 Å². The molecule has 4 heteroatoms. The van der Waals surface area contributed by atoms with Gasteiger partial charge in [-0.05, 0) is 26.3 Å². The van der Waals surface area contributed by atoms with Crippen LogP contribution < -0.4 is 0 Å². The first-order chi connectivity index (χ1) is 9.12. The summed E-state index contributed by atoms with van der Waals surface area (Å²) >= 11 is 0. The van der Waals surface area contributed by atoms with Crippen LogP contribution in [0.25, 0.3) is 0 Å². The van der Waals surface area contributed by atoms with E-state index in [4.69, 9.17) is 0 Å². The Kier molecular flexibility index (Phi) is 4.81. The van der Waals surface area contributed by atoms with Gasteiger partial charge in [0, 0.05) is 11.0 Å². The third-order valence-corrected chi connectivity index (χ3v) is 3.76. The largest absolute Gasteiger partial charge is 0.465 e. The molecule has 0 saturated carbocycles. The molecule has 0 aliphatic heterocycles. The van der Waals surface area contributed by atoms with Crippen LogP contribution in [0.5, 0.6) is 0 Å². The maximum absolute atomic E-state index is 11.6. The van der Waals surface area contributed by atoms with E-state index >= 15 is 0 Å². The monoisotopic (exact) mass is 279 g/mol. The van der Waals surface area contributed by atoms with Crippen LogP contribution in [0.1, 0.15) is 40.2 Å². The van der Waals surface area contributed by atoms with Crippen molar-refractivity contribution >= 4 is 6.09 Å². The number of rotatable bonds is 4. The van der Waals surface area contributed by atoms with E-state index in [1.807, 2.05) is 65.0 Å². The summed E-state index contributed by atoms with van der Waals surface area (Å²) in [4.78, 5) is 13.0. The van der Waals surface area contributed by atoms with Crippen LogP contribution in [-0.4, -0.2) is 39.4 Å². The molecule has 0 fully saturated rings. The third-order valence-electron chi connectivity index (χ3n) is 3.76. The van der Waals surface area contributed by atoms with Crippen molar-refractivity contribution in [1.82, 2.24) is 4.90 Å². The molecule has 1 amide bonds. The summed E-state index contributed by atoms with van der Waals surface area (Å²) in [6.07, 6.45) is -1.01. The maximum Gasteiger partial charge on any atom is 0.408 e. The molecule has 1 aromatic carbocycles. The van der Waals surface area contributed by atoms with Gasteiger partial charge in [0.15, 0.2) is 0 Å². The first-order valence-electron chi connectivity index (χ1n) is 6.81. The summed E-state index contributed by atoms with van der Waals surface area (Å²) in [7, 11) is 0. The van der Waals surface area contributed by atoms with E-state index < -0.39 is 23.1 Å². The third kappa shape index (κ3) is 3.31. The van der Waals surface area contributed by atoms with Crippen molar-refractivity contribution in [3.05, 3.63) is 35.9 Å². The van der Waals surface area contributed by atoms with Crippen molar-refractivity contribution in [3.8, 4) is 0 Å². The molecule has 2 N–H and O–H groups in total. The number of carboxylic acid groups (broad SMARTS) is 1. The fourth-order valence-corrected chi connectivity index (χ4v) is 2.58. The molecule has 1 unspecified atom stereocenters. The van der Waals surface area contributed by atoms with E-state index in [2.05, 4.69) is 0 Å². The van der Waals surface area contributed by atoms with Gasteiger partial charge in [0.2, 0.25) is 0 Å². The van der Waals surface area contributed by atoms with Crippen molar-refractivity contribution in [2.24, 2.45) is 0 Å². The topological polar surface area (TPSA) is 60.8 Å². The molecule has 0 spiro atoms. The molecule has 4 nitrogen and oxygen atoms in total. The molecule has 112 valence electrons. The summed E-state index contributed by atoms with van der Waals surface area (Å²) < 4.78 is 0. The van der Waals surface area contributed by atoms with Crippen LogP contribution in [0, 0.1) is 0 Å². The second-order valence-electron chi connectivity index (χ2n) is 6.61. The van der Waals surface area contributed by atoms with Crippen LogP contribution >= 0.6 is 0 Å². The lowest BCUT2D eigenvalue weighted by atomic mass is 9.76. The van der Waals surface area contributed by atoms with Crippen molar-refractivity contribution in [2.75, 3.05) is 6.61 Å².